The fourth-order valence-electron chi connectivity index (χ4n) is 0.514. The van der Waals surface area contributed by atoms with Gasteiger partial charge < -0.3 is 15.3 Å². The summed E-state index contributed by atoms with van der Waals surface area (Å²) >= 11 is 0. The molecule has 0 aliphatic carbocycles. The van der Waals surface area contributed by atoms with Gasteiger partial charge in [-0.15, -0.1) is 0 Å². The standard InChI is InChI=1S/C8H8O6/c1-4(6(9)10)2-3-5(7(11)12)8(13)14/h2-3H,1H3,(H,9,10)(H,11,12)(H,13,14). The van der Waals surface area contributed by atoms with Crippen LogP contribution < -0.4 is 0 Å². The van der Waals surface area contributed by atoms with Crippen LogP contribution in [0.3, 0.4) is 0 Å². The molecular weight excluding hydrogens is 192 g/mol. The Balaban J connectivity index is 4.96. The Kier molecular flexibility index (Phi) is 4.08. The Morgan fingerprint density at radius 1 is 0.857 bits per heavy atom. The van der Waals surface area contributed by atoms with Crippen molar-refractivity contribution < 1.29 is 29.7 Å². The summed E-state index contributed by atoms with van der Waals surface area (Å²) in [4.78, 5) is 30.9. The maximum atomic E-state index is 10.3. The molecule has 0 aromatic carbocycles. The van der Waals surface area contributed by atoms with E-state index in [1.165, 1.54) is 6.92 Å². The third kappa shape index (κ3) is 3.53. The second-order valence-corrected chi connectivity index (χ2v) is 2.35. The fraction of sp³-hybridized carbons (Fsp3) is 0.125. The highest BCUT2D eigenvalue weighted by molar-refractivity contribution is 6.12. The molecule has 76 valence electrons. The fourth-order valence-corrected chi connectivity index (χ4v) is 0.514. The van der Waals surface area contributed by atoms with Gasteiger partial charge in [0.05, 0.1) is 0 Å². The minimum Gasteiger partial charge on any atom is -0.478 e. The van der Waals surface area contributed by atoms with E-state index < -0.39 is 23.5 Å². The highest BCUT2D eigenvalue weighted by atomic mass is 16.4. The zero-order valence-electron chi connectivity index (χ0n) is 7.22. The van der Waals surface area contributed by atoms with E-state index in [9.17, 15) is 14.4 Å². The van der Waals surface area contributed by atoms with Gasteiger partial charge in [0, 0.05) is 5.57 Å². The first-order valence-electron chi connectivity index (χ1n) is 3.44. The van der Waals surface area contributed by atoms with Gasteiger partial charge in [0.15, 0.2) is 0 Å². The molecule has 0 bridgehead atoms. The van der Waals surface area contributed by atoms with E-state index in [0.717, 1.165) is 12.2 Å². The number of hydrogen-bond acceptors (Lipinski definition) is 3. The second-order valence-electron chi connectivity index (χ2n) is 2.35. The molecule has 0 aliphatic heterocycles. The second kappa shape index (κ2) is 4.80. The Morgan fingerprint density at radius 2 is 1.29 bits per heavy atom. The highest BCUT2D eigenvalue weighted by Gasteiger charge is 2.14. The van der Waals surface area contributed by atoms with Crippen LogP contribution in [0.1, 0.15) is 6.92 Å². The van der Waals surface area contributed by atoms with Crippen LogP contribution in [0.2, 0.25) is 0 Å². The number of carbonyl (C=O) groups is 3. The lowest BCUT2D eigenvalue weighted by atomic mass is 10.2. The molecule has 0 amide bonds. The first-order valence-corrected chi connectivity index (χ1v) is 3.44. The molecule has 0 aromatic rings. The molecule has 0 aliphatic rings. The van der Waals surface area contributed by atoms with Gasteiger partial charge in [-0.3, -0.25) is 0 Å². The van der Waals surface area contributed by atoms with Crippen LogP contribution in [0.25, 0.3) is 0 Å². The molecule has 0 radical (unpaired) electrons. The van der Waals surface area contributed by atoms with E-state index in [4.69, 9.17) is 15.3 Å². The largest absolute Gasteiger partial charge is 0.478 e. The topological polar surface area (TPSA) is 112 Å². The van der Waals surface area contributed by atoms with Gasteiger partial charge in [0.25, 0.3) is 0 Å². The van der Waals surface area contributed by atoms with Crippen molar-refractivity contribution in [3.05, 3.63) is 23.3 Å². The minimum absolute atomic E-state index is 0.148. The Bertz CT molecular complexity index is 320. The maximum Gasteiger partial charge on any atom is 0.343 e. The summed E-state index contributed by atoms with van der Waals surface area (Å²) in [7, 11) is 0. The molecule has 6 nitrogen and oxygen atoms in total. The average Bonchev–Trinajstić information content (AvgIpc) is 2.02. The van der Waals surface area contributed by atoms with Crippen LogP contribution in [-0.4, -0.2) is 33.2 Å². The summed E-state index contributed by atoms with van der Waals surface area (Å²) in [5.41, 5.74) is -1.03. The molecule has 0 saturated carbocycles. The van der Waals surface area contributed by atoms with Crippen LogP contribution in [0.15, 0.2) is 23.3 Å². The van der Waals surface area contributed by atoms with Crippen molar-refractivity contribution in [1.29, 1.82) is 0 Å². The van der Waals surface area contributed by atoms with E-state index in [0.29, 0.717) is 0 Å². The van der Waals surface area contributed by atoms with Gasteiger partial charge in [-0.1, -0.05) is 6.08 Å². The molecule has 6 heteroatoms. The van der Waals surface area contributed by atoms with E-state index in [1.54, 1.807) is 0 Å². The van der Waals surface area contributed by atoms with Gasteiger partial charge in [-0.2, -0.15) is 0 Å². The Morgan fingerprint density at radius 3 is 1.57 bits per heavy atom. The van der Waals surface area contributed by atoms with Crippen molar-refractivity contribution >= 4 is 17.9 Å². The molecular formula is C8H8O6. The van der Waals surface area contributed by atoms with Crippen molar-refractivity contribution in [3.8, 4) is 0 Å². The molecule has 0 unspecified atom stereocenters. The zero-order chi connectivity index (χ0) is 11.3. The van der Waals surface area contributed by atoms with E-state index in [-0.39, 0.29) is 5.57 Å². The summed E-state index contributed by atoms with van der Waals surface area (Å²) in [6.45, 7) is 1.22. The molecule has 0 rings (SSSR count). The lowest BCUT2D eigenvalue weighted by molar-refractivity contribution is -0.140. The Hall–Kier alpha value is -2.11. The molecule has 0 heterocycles. The average molecular weight is 200 g/mol. The summed E-state index contributed by atoms with van der Waals surface area (Å²) < 4.78 is 0. The maximum absolute atomic E-state index is 10.3. The Labute approximate surface area is 78.8 Å². The minimum atomic E-state index is -1.62. The summed E-state index contributed by atoms with van der Waals surface area (Å²) in [5.74, 6) is -4.48. The smallest absolute Gasteiger partial charge is 0.343 e. The predicted molar refractivity (Wildman–Crippen MR) is 44.7 cm³/mol. The monoisotopic (exact) mass is 200 g/mol. The number of rotatable bonds is 4. The number of carboxylic acids is 3. The summed E-state index contributed by atoms with van der Waals surface area (Å²) in [5, 5.41) is 25.1. The molecule has 0 atom stereocenters. The lowest BCUT2D eigenvalue weighted by Crippen LogP contribution is -2.10. The summed E-state index contributed by atoms with van der Waals surface area (Å²) in [6, 6.07) is 0. The molecule has 0 aromatic heterocycles. The van der Waals surface area contributed by atoms with Crippen LogP contribution in [0, 0.1) is 0 Å². The van der Waals surface area contributed by atoms with Gasteiger partial charge in [-0.25, -0.2) is 14.4 Å². The SMILES string of the molecule is CC(=CC=C(C(=O)O)C(=O)O)C(=O)O. The molecule has 0 fully saturated rings. The first-order chi connectivity index (χ1) is 6.36. The van der Waals surface area contributed by atoms with Crippen LogP contribution in [0.5, 0.6) is 0 Å². The van der Waals surface area contributed by atoms with Crippen LogP contribution in [-0.2, 0) is 14.4 Å². The molecule has 14 heavy (non-hydrogen) atoms. The number of aliphatic carboxylic acids is 3. The third-order valence-corrected chi connectivity index (χ3v) is 1.30. The van der Waals surface area contributed by atoms with Crippen molar-refractivity contribution in [3.63, 3.8) is 0 Å². The van der Waals surface area contributed by atoms with Crippen molar-refractivity contribution in [2.75, 3.05) is 0 Å². The lowest BCUT2D eigenvalue weighted by Gasteiger charge is -1.93. The predicted octanol–water partition coefficient (Wildman–Crippen LogP) is 0.113. The number of carboxylic acid groups (broad SMARTS) is 3. The third-order valence-electron chi connectivity index (χ3n) is 1.30. The highest BCUT2D eigenvalue weighted by Crippen LogP contribution is 1.99. The normalized spacial score (nSPS) is 10.5. The van der Waals surface area contributed by atoms with Gasteiger partial charge in [0.2, 0.25) is 0 Å². The van der Waals surface area contributed by atoms with E-state index in [2.05, 4.69) is 0 Å². The van der Waals surface area contributed by atoms with Crippen molar-refractivity contribution in [2.24, 2.45) is 0 Å². The van der Waals surface area contributed by atoms with Crippen molar-refractivity contribution in [2.45, 2.75) is 6.92 Å². The van der Waals surface area contributed by atoms with E-state index >= 15 is 0 Å². The van der Waals surface area contributed by atoms with Gasteiger partial charge in [-0.05, 0) is 13.0 Å². The van der Waals surface area contributed by atoms with E-state index in [1.807, 2.05) is 0 Å². The number of allylic oxidation sites excluding steroid dienone is 2. The zero-order valence-corrected chi connectivity index (χ0v) is 7.22. The first kappa shape index (κ1) is 11.9. The quantitative estimate of drug-likeness (QED) is 0.257. The molecule has 3 N–H and O–H groups in total. The number of hydrogen-bond donors (Lipinski definition) is 3. The van der Waals surface area contributed by atoms with Crippen molar-refractivity contribution in [1.82, 2.24) is 0 Å². The van der Waals surface area contributed by atoms with Crippen LogP contribution >= 0.6 is 0 Å². The molecule has 0 saturated heterocycles. The van der Waals surface area contributed by atoms with Gasteiger partial charge in [0.1, 0.15) is 5.57 Å². The van der Waals surface area contributed by atoms with Crippen LogP contribution in [0.4, 0.5) is 0 Å². The van der Waals surface area contributed by atoms with Gasteiger partial charge >= 0.3 is 17.9 Å². The summed E-state index contributed by atoms with van der Waals surface area (Å²) in [6.07, 6.45) is 1.65. The molecule has 0 spiro atoms.